The van der Waals surface area contributed by atoms with Crippen molar-refractivity contribution in [2.75, 3.05) is 19.6 Å². The molecule has 0 radical (unpaired) electrons. The molecule has 0 spiro atoms. The van der Waals surface area contributed by atoms with Crippen molar-refractivity contribution in [2.24, 2.45) is 0 Å². The second-order valence-electron chi connectivity index (χ2n) is 8.53. The van der Waals surface area contributed by atoms with E-state index in [1.165, 1.54) is 0 Å². The van der Waals surface area contributed by atoms with Crippen LogP contribution in [0.2, 0.25) is 5.02 Å². The molecule has 0 atom stereocenters. The molecule has 7 nitrogen and oxygen atoms in total. The lowest BCUT2D eigenvalue weighted by atomic mass is 10.0. The lowest BCUT2D eigenvalue weighted by Crippen LogP contribution is -2.47. The molecule has 0 aromatic heterocycles. The topological polar surface area (TPSA) is 87.7 Å². The fourth-order valence-corrected chi connectivity index (χ4v) is 3.35. The second kappa shape index (κ2) is 11.2. The van der Waals surface area contributed by atoms with Crippen LogP contribution < -0.4 is 10.6 Å². The van der Waals surface area contributed by atoms with E-state index < -0.39 is 11.7 Å². The molecule has 30 heavy (non-hydrogen) atoms. The average Bonchev–Trinajstić information content (AvgIpc) is 2.66. The van der Waals surface area contributed by atoms with Gasteiger partial charge in [-0.15, -0.1) is 0 Å². The van der Waals surface area contributed by atoms with E-state index in [4.69, 9.17) is 16.3 Å². The molecule has 0 unspecified atom stereocenters. The first-order valence-electron chi connectivity index (χ1n) is 10.4. The Labute approximate surface area is 183 Å². The maximum atomic E-state index is 12.4. The minimum atomic E-state index is -0.563. The summed E-state index contributed by atoms with van der Waals surface area (Å²) in [6.45, 7) is 6.86. The number of halogens is 1. The third kappa shape index (κ3) is 9.03. The van der Waals surface area contributed by atoms with Crippen LogP contribution in [-0.2, 0) is 20.7 Å². The first-order valence-corrected chi connectivity index (χ1v) is 10.8. The van der Waals surface area contributed by atoms with Gasteiger partial charge in [0.05, 0.1) is 0 Å². The van der Waals surface area contributed by atoms with Gasteiger partial charge in [-0.3, -0.25) is 9.59 Å². The summed E-state index contributed by atoms with van der Waals surface area (Å²) in [6, 6.07) is 7.60. The highest BCUT2D eigenvalue weighted by atomic mass is 35.5. The molecule has 1 heterocycles. The van der Waals surface area contributed by atoms with Crippen LogP contribution >= 0.6 is 11.6 Å². The van der Waals surface area contributed by atoms with E-state index in [0.717, 1.165) is 18.4 Å². The van der Waals surface area contributed by atoms with Crippen molar-refractivity contribution in [3.63, 3.8) is 0 Å². The first kappa shape index (κ1) is 24.0. The van der Waals surface area contributed by atoms with Gasteiger partial charge in [-0.25, -0.2) is 4.79 Å². The van der Waals surface area contributed by atoms with Gasteiger partial charge in [0.15, 0.2) is 0 Å². The van der Waals surface area contributed by atoms with Crippen LogP contribution in [0.25, 0.3) is 0 Å². The third-order valence-electron chi connectivity index (χ3n) is 4.77. The number of carbonyl (C=O) groups excluding carboxylic acids is 3. The summed E-state index contributed by atoms with van der Waals surface area (Å²) in [5, 5.41) is 6.25. The average molecular weight is 438 g/mol. The normalized spacial score (nSPS) is 14.9. The van der Waals surface area contributed by atoms with Gasteiger partial charge in [0, 0.05) is 43.5 Å². The molecule has 3 amide bonds. The van der Waals surface area contributed by atoms with Crippen LogP contribution in [0.5, 0.6) is 0 Å². The number of aryl methyl sites for hydroxylation is 1. The Hall–Kier alpha value is -2.28. The summed E-state index contributed by atoms with van der Waals surface area (Å²) in [6.07, 6.45) is 2.29. The van der Waals surface area contributed by atoms with E-state index in [0.29, 0.717) is 31.0 Å². The van der Waals surface area contributed by atoms with Crippen molar-refractivity contribution in [1.82, 2.24) is 15.5 Å². The molecular formula is C22H32ClN3O4. The summed E-state index contributed by atoms with van der Waals surface area (Å²) in [5.74, 6) is 0.0230. The number of amides is 3. The van der Waals surface area contributed by atoms with Gasteiger partial charge < -0.3 is 20.3 Å². The van der Waals surface area contributed by atoms with Crippen molar-refractivity contribution in [1.29, 1.82) is 0 Å². The number of piperidine rings is 1. The number of nitrogens with one attached hydrogen (secondary N) is 2. The third-order valence-corrected chi connectivity index (χ3v) is 5.03. The molecule has 2 N–H and O–H groups in total. The van der Waals surface area contributed by atoms with Crippen molar-refractivity contribution in [3.8, 4) is 0 Å². The van der Waals surface area contributed by atoms with Gasteiger partial charge in [-0.1, -0.05) is 23.7 Å². The lowest BCUT2D eigenvalue weighted by molar-refractivity contribution is -0.132. The van der Waals surface area contributed by atoms with Crippen molar-refractivity contribution >= 4 is 29.5 Å². The Morgan fingerprint density at radius 1 is 1.10 bits per heavy atom. The predicted molar refractivity (Wildman–Crippen MR) is 116 cm³/mol. The Balaban J connectivity index is 1.61. The van der Waals surface area contributed by atoms with Gasteiger partial charge >= 0.3 is 6.09 Å². The van der Waals surface area contributed by atoms with Crippen LogP contribution in [0.3, 0.4) is 0 Å². The van der Waals surface area contributed by atoms with E-state index in [-0.39, 0.29) is 30.8 Å². The molecule has 0 aliphatic carbocycles. The van der Waals surface area contributed by atoms with E-state index in [1.807, 2.05) is 29.2 Å². The predicted octanol–water partition coefficient (Wildman–Crippen LogP) is 3.29. The summed E-state index contributed by atoms with van der Waals surface area (Å²) in [7, 11) is 0. The lowest BCUT2D eigenvalue weighted by Gasteiger charge is -2.32. The highest BCUT2D eigenvalue weighted by Gasteiger charge is 2.23. The standard InChI is InChI=1S/C22H32ClN3O4/c1-22(2,3)30-21(29)24-13-10-19(27)25-18-11-14-26(15-12-18)20(28)9-6-16-4-7-17(23)8-5-16/h4-5,7-8,18H,6,9-15H2,1-3H3,(H,24,29)(H,25,27). The number of benzene rings is 1. The first-order chi connectivity index (χ1) is 14.1. The number of hydrogen-bond donors (Lipinski definition) is 2. The number of ether oxygens (including phenoxy) is 1. The zero-order valence-corrected chi connectivity index (χ0v) is 18.8. The van der Waals surface area contributed by atoms with Crippen LogP contribution in [-0.4, -0.2) is 54.1 Å². The minimum Gasteiger partial charge on any atom is -0.444 e. The molecule has 1 aromatic carbocycles. The van der Waals surface area contributed by atoms with Crippen molar-refractivity contribution < 1.29 is 19.1 Å². The van der Waals surface area contributed by atoms with Gasteiger partial charge in [0.2, 0.25) is 11.8 Å². The molecule has 166 valence electrons. The quantitative estimate of drug-likeness (QED) is 0.685. The van der Waals surface area contributed by atoms with Crippen LogP contribution in [0.15, 0.2) is 24.3 Å². The van der Waals surface area contributed by atoms with E-state index >= 15 is 0 Å². The maximum Gasteiger partial charge on any atom is 0.407 e. The molecule has 0 saturated carbocycles. The summed E-state index contributed by atoms with van der Waals surface area (Å²) < 4.78 is 5.13. The minimum absolute atomic E-state index is 0.0549. The largest absolute Gasteiger partial charge is 0.444 e. The van der Waals surface area contributed by atoms with Gasteiger partial charge in [0.25, 0.3) is 0 Å². The molecular weight excluding hydrogens is 406 g/mol. The van der Waals surface area contributed by atoms with Crippen molar-refractivity contribution in [3.05, 3.63) is 34.9 Å². The summed E-state index contributed by atoms with van der Waals surface area (Å²) in [5.41, 5.74) is 0.530. The molecule has 1 saturated heterocycles. The molecule has 0 bridgehead atoms. The fraction of sp³-hybridized carbons (Fsp3) is 0.591. The van der Waals surface area contributed by atoms with Gasteiger partial charge in [0.1, 0.15) is 5.60 Å². The molecule has 1 aliphatic heterocycles. The van der Waals surface area contributed by atoms with Crippen molar-refractivity contribution in [2.45, 2.75) is 64.5 Å². The Morgan fingerprint density at radius 3 is 2.33 bits per heavy atom. The molecule has 8 heteroatoms. The zero-order chi connectivity index (χ0) is 22.1. The number of likely N-dealkylation sites (tertiary alicyclic amines) is 1. The molecule has 1 fully saturated rings. The Bertz CT molecular complexity index is 723. The zero-order valence-electron chi connectivity index (χ0n) is 18.0. The van der Waals surface area contributed by atoms with E-state index in [9.17, 15) is 14.4 Å². The van der Waals surface area contributed by atoms with Gasteiger partial charge in [-0.05, 0) is 57.7 Å². The van der Waals surface area contributed by atoms with Gasteiger partial charge in [-0.2, -0.15) is 0 Å². The van der Waals surface area contributed by atoms with E-state index in [1.54, 1.807) is 20.8 Å². The Kier molecular flexibility index (Phi) is 8.96. The smallest absolute Gasteiger partial charge is 0.407 e. The van der Waals surface area contributed by atoms with Crippen LogP contribution in [0.4, 0.5) is 4.79 Å². The Morgan fingerprint density at radius 2 is 1.73 bits per heavy atom. The monoisotopic (exact) mass is 437 g/mol. The number of nitrogens with zero attached hydrogens (tertiary/aromatic N) is 1. The number of hydrogen-bond acceptors (Lipinski definition) is 4. The van der Waals surface area contributed by atoms with Crippen LogP contribution in [0.1, 0.15) is 52.0 Å². The summed E-state index contributed by atoms with van der Waals surface area (Å²) in [4.78, 5) is 38.0. The second-order valence-corrected chi connectivity index (χ2v) is 8.96. The van der Waals surface area contributed by atoms with Crippen LogP contribution in [0, 0.1) is 0 Å². The number of carbonyl (C=O) groups is 3. The maximum absolute atomic E-state index is 12.4. The van der Waals surface area contributed by atoms with E-state index in [2.05, 4.69) is 10.6 Å². The number of alkyl carbamates (subject to hydrolysis) is 1. The highest BCUT2D eigenvalue weighted by molar-refractivity contribution is 6.30. The number of rotatable bonds is 7. The molecule has 1 aliphatic rings. The molecule has 1 aromatic rings. The fourth-order valence-electron chi connectivity index (χ4n) is 3.23. The SMILES string of the molecule is CC(C)(C)OC(=O)NCCC(=O)NC1CCN(C(=O)CCc2ccc(Cl)cc2)CC1. The summed E-state index contributed by atoms with van der Waals surface area (Å²) >= 11 is 5.88. The molecule has 2 rings (SSSR count). The highest BCUT2D eigenvalue weighted by Crippen LogP contribution is 2.15.